The van der Waals surface area contributed by atoms with Crippen LogP contribution in [0.15, 0.2) is 0 Å². The summed E-state index contributed by atoms with van der Waals surface area (Å²) in [6.45, 7) is 1.69. The Morgan fingerprint density at radius 1 is 1.17 bits per heavy atom. The Balaban J connectivity index is 5.16. The molecule has 0 rings (SSSR count). The second-order valence-electron chi connectivity index (χ2n) is 3.77. The molecule has 0 unspecified atom stereocenters. The van der Waals surface area contributed by atoms with Crippen LogP contribution in [0.1, 0.15) is 13.8 Å². The number of Topliss-reactive ketones (excluding diaryl/α,β-unsaturated/α-hetero) is 1. The summed E-state index contributed by atoms with van der Waals surface area (Å²) in [5, 5.41) is -0.235. The van der Waals surface area contributed by atoms with Gasteiger partial charge in [-0.1, -0.05) is 15.9 Å². The molecule has 0 saturated carbocycles. The third kappa shape index (κ3) is 3.89. The Kier molecular flexibility index (Phi) is 5.70. The van der Waals surface area contributed by atoms with E-state index in [0.29, 0.717) is 0 Å². The van der Waals surface area contributed by atoms with Gasteiger partial charge < -0.3 is 4.90 Å². The van der Waals surface area contributed by atoms with Gasteiger partial charge in [0.2, 0.25) is 0 Å². The van der Waals surface area contributed by atoms with Gasteiger partial charge in [0, 0.05) is 6.04 Å². The summed E-state index contributed by atoms with van der Waals surface area (Å²) in [5.41, 5.74) is 0. The molecule has 0 spiro atoms. The fraction of sp³-hybridized carbons (Fsp3) is 0.778. The number of hydrogen-bond donors (Lipinski definition) is 0. The van der Waals surface area contributed by atoms with E-state index >= 15 is 0 Å². The first kappa shape index (κ1) is 17.3. The highest BCUT2D eigenvalue weighted by Gasteiger charge is 2.64. The lowest BCUT2D eigenvalue weighted by Gasteiger charge is -2.30. The molecule has 18 heavy (non-hydrogen) atoms. The third-order valence-corrected chi connectivity index (χ3v) is 2.63. The standard InChI is InChI=1S/C9H11BrF5NO2/c1-5(2)16(4-6(17)3-10)7(18)8(11,12)9(13,14)15/h5H,3-4H2,1-2H3. The smallest absolute Gasteiger partial charge is 0.327 e. The first-order valence-electron chi connectivity index (χ1n) is 4.78. The van der Waals surface area contributed by atoms with E-state index in [1.807, 2.05) is 0 Å². The van der Waals surface area contributed by atoms with E-state index in [9.17, 15) is 31.5 Å². The van der Waals surface area contributed by atoms with Gasteiger partial charge in [-0.25, -0.2) is 0 Å². The highest BCUT2D eigenvalue weighted by Crippen LogP contribution is 2.37. The molecular weight excluding hydrogens is 329 g/mol. The lowest BCUT2D eigenvalue weighted by atomic mass is 10.2. The summed E-state index contributed by atoms with van der Waals surface area (Å²) < 4.78 is 61.8. The molecule has 0 aliphatic heterocycles. The summed E-state index contributed by atoms with van der Waals surface area (Å²) in [4.78, 5) is 22.4. The van der Waals surface area contributed by atoms with Crippen LogP contribution in [0.5, 0.6) is 0 Å². The second kappa shape index (κ2) is 5.94. The zero-order valence-electron chi connectivity index (χ0n) is 9.52. The van der Waals surface area contributed by atoms with Crippen molar-refractivity contribution in [2.45, 2.75) is 32.0 Å². The van der Waals surface area contributed by atoms with Gasteiger partial charge in [-0.15, -0.1) is 0 Å². The molecule has 0 radical (unpaired) electrons. The maximum absolute atomic E-state index is 12.8. The number of nitrogens with zero attached hydrogens (tertiary/aromatic N) is 1. The Labute approximate surface area is 108 Å². The summed E-state index contributed by atoms with van der Waals surface area (Å²) in [6, 6.07) is -0.950. The highest BCUT2D eigenvalue weighted by atomic mass is 79.9. The van der Waals surface area contributed by atoms with Gasteiger partial charge in [-0.2, -0.15) is 22.0 Å². The molecular formula is C9H11BrF5NO2. The maximum Gasteiger partial charge on any atom is 0.463 e. The van der Waals surface area contributed by atoms with Gasteiger partial charge in [0.1, 0.15) is 0 Å². The van der Waals surface area contributed by atoms with Gasteiger partial charge in [0.05, 0.1) is 11.9 Å². The summed E-state index contributed by atoms with van der Waals surface area (Å²) >= 11 is 2.73. The highest BCUT2D eigenvalue weighted by molar-refractivity contribution is 9.09. The Hall–Kier alpha value is -0.730. The summed E-state index contributed by atoms with van der Waals surface area (Å²) in [5.74, 6) is -8.58. The van der Waals surface area contributed by atoms with Crippen molar-refractivity contribution in [1.29, 1.82) is 0 Å². The van der Waals surface area contributed by atoms with Crippen LogP contribution in [0.4, 0.5) is 22.0 Å². The molecule has 0 saturated heterocycles. The van der Waals surface area contributed by atoms with Gasteiger partial charge in [0.25, 0.3) is 0 Å². The summed E-state index contributed by atoms with van der Waals surface area (Å²) in [6.07, 6.45) is -5.98. The van der Waals surface area contributed by atoms with Crippen LogP contribution in [-0.2, 0) is 9.59 Å². The van der Waals surface area contributed by atoms with Crippen molar-refractivity contribution < 1.29 is 31.5 Å². The molecule has 0 N–H and O–H groups in total. The largest absolute Gasteiger partial charge is 0.463 e. The molecule has 0 bridgehead atoms. The summed E-state index contributed by atoms with van der Waals surface area (Å²) in [7, 11) is 0. The van der Waals surface area contributed by atoms with E-state index in [1.165, 1.54) is 13.8 Å². The number of halogens is 6. The molecule has 106 valence electrons. The topological polar surface area (TPSA) is 37.4 Å². The van der Waals surface area contributed by atoms with Crippen molar-refractivity contribution in [2.24, 2.45) is 0 Å². The zero-order chi connectivity index (χ0) is 14.7. The predicted octanol–water partition coefficient (Wildman–Crippen LogP) is 2.39. The fourth-order valence-corrected chi connectivity index (χ4v) is 1.20. The van der Waals surface area contributed by atoms with E-state index in [2.05, 4.69) is 15.9 Å². The number of carbonyl (C=O) groups is 2. The molecule has 0 heterocycles. The van der Waals surface area contributed by atoms with E-state index < -0.39 is 36.4 Å². The van der Waals surface area contributed by atoms with Crippen molar-refractivity contribution in [3.63, 3.8) is 0 Å². The lowest BCUT2D eigenvalue weighted by molar-refractivity contribution is -0.275. The van der Waals surface area contributed by atoms with Crippen LogP contribution in [0.25, 0.3) is 0 Å². The Morgan fingerprint density at radius 3 is 1.89 bits per heavy atom. The van der Waals surface area contributed by atoms with Gasteiger partial charge in [0.15, 0.2) is 5.78 Å². The molecule has 3 nitrogen and oxygen atoms in total. The SMILES string of the molecule is CC(C)N(CC(=O)CBr)C(=O)C(F)(F)C(F)(F)F. The van der Waals surface area contributed by atoms with Crippen LogP contribution in [-0.4, -0.2) is 46.6 Å². The quantitative estimate of drug-likeness (QED) is 0.569. The number of carbonyl (C=O) groups excluding carboxylic acids is 2. The fourth-order valence-electron chi connectivity index (χ4n) is 1.02. The number of amides is 1. The van der Waals surface area contributed by atoms with Gasteiger partial charge in [-0.3, -0.25) is 9.59 Å². The van der Waals surface area contributed by atoms with E-state index in [-0.39, 0.29) is 10.2 Å². The monoisotopic (exact) mass is 339 g/mol. The second-order valence-corrected chi connectivity index (χ2v) is 4.33. The molecule has 0 aromatic rings. The Morgan fingerprint density at radius 2 is 1.61 bits per heavy atom. The van der Waals surface area contributed by atoms with Crippen LogP contribution >= 0.6 is 15.9 Å². The minimum absolute atomic E-state index is 0.205. The zero-order valence-corrected chi connectivity index (χ0v) is 11.1. The average molecular weight is 340 g/mol. The average Bonchev–Trinajstić information content (AvgIpc) is 2.22. The normalized spacial score (nSPS) is 12.7. The minimum Gasteiger partial charge on any atom is -0.327 e. The number of alkyl halides is 6. The van der Waals surface area contributed by atoms with Crippen LogP contribution < -0.4 is 0 Å². The third-order valence-electron chi connectivity index (χ3n) is 2.00. The minimum atomic E-state index is -5.98. The number of hydrogen-bond acceptors (Lipinski definition) is 2. The number of rotatable bonds is 5. The Bertz CT molecular complexity index is 329. The molecule has 0 atom stereocenters. The first-order chi connectivity index (χ1) is 7.95. The molecule has 0 aliphatic carbocycles. The molecule has 0 fully saturated rings. The van der Waals surface area contributed by atoms with Gasteiger partial charge in [-0.05, 0) is 13.8 Å². The van der Waals surface area contributed by atoms with Crippen LogP contribution in [0, 0.1) is 0 Å². The molecule has 9 heteroatoms. The van der Waals surface area contributed by atoms with Crippen molar-refractivity contribution in [3.8, 4) is 0 Å². The van der Waals surface area contributed by atoms with Crippen molar-refractivity contribution in [3.05, 3.63) is 0 Å². The number of ketones is 1. The molecule has 0 aliphatic rings. The maximum atomic E-state index is 12.8. The first-order valence-corrected chi connectivity index (χ1v) is 5.90. The van der Waals surface area contributed by atoms with E-state index in [4.69, 9.17) is 0 Å². The van der Waals surface area contributed by atoms with Crippen LogP contribution in [0.2, 0.25) is 0 Å². The molecule has 0 aromatic carbocycles. The predicted molar refractivity (Wildman–Crippen MR) is 56.7 cm³/mol. The van der Waals surface area contributed by atoms with Crippen molar-refractivity contribution in [2.75, 3.05) is 11.9 Å². The van der Waals surface area contributed by atoms with Crippen molar-refractivity contribution in [1.82, 2.24) is 4.90 Å². The van der Waals surface area contributed by atoms with E-state index in [1.54, 1.807) is 0 Å². The molecule has 1 amide bonds. The van der Waals surface area contributed by atoms with Crippen LogP contribution in [0.3, 0.4) is 0 Å². The molecule has 0 aromatic heterocycles. The lowest BCUT2D eigenvalue weighted by Crippen LogP contribution is -2.55. The van der Waals surface area contributed by atoms with Gasteiger partial charge >= 0.3 is 18.0 Å². The van der Waals surface area contributed by atoms with Crippen molar-refractivity contribution >= 4 is 27.6 Å². The van der Waals surface area contributed by atoms with E-state index in [0.717, 1.165) is 0 Å².